The van der Waals surface area contributed by atoms with Gasteiger partial charge < -0.3 is 9.47 Å². The number of hydrazine groups is 1. The molecule has 0 saturated carbocycles. The summed E-state index contributed by atoms with van der Waals surface area (Å²) in [4.78, 5) is 40.9. The van der Waals surface area contributed by atoms with Crippen LogP contribution < -0.4 is 9.47 Å². The average molecular weight is 548 g/mol. The minimum atomic E-state index is -0.825. The first-order chi connectivity index (χ1) is 18.4. The average Bonchev–Trinajstić information content (AvgIpc) is 3.22. The molecule has 0 bridgehead atoms. The molecule has 0 unspecified atom stereocenters. The van der Waals surface area contributed by atoms with Crippen molar-refractivity contribution in [1.82, 2.24) is 13.7 Å². The third kappa shape index (κ3) is 6.37. The Hall–Kier alpha value is -3.98. The number of hydrogen-bond acceptors (Lipinski definition) is 6. The molecule has 1 heterocycles. The molecule has 0 saturated heterocycles. The Morgan fingerprint density at radius 3 is 1.97 bits per heavy atom. The van der Waals surface area contributed by atoms with E-state index in [0.717, 1.165) is 17.7 Å². The van der Waals surface area contributed by atoms with Gasteiger partial charge in [-0.2, -0.15) is 4.41 Å². The van der Waals surface area contributed by atoms with Gasteiger partial charge in [0.1, 0.15) is 17.7 Å². The van der Waals surface area contributed by atoms with E-state index in [9.17, 15) is 14.4 Å². The number of fused-ring (bicyclic) bond motifs is 1. The van der Waals surface area contributed by atoms with E-state index >= 15 is 0 Å². The van der Waals surface area contributed by atoms with E-state index < -0.39 is 29.0 Å². The predicted octanol–water partition coefficient (Wildman–Crippen LogP) is 6.39. The summed E-state index contributed by atoms with van der Waals surface area (Å²) in [5.74, 6) is -0.0326. The lowest BCUT2D eigenvalue weighted by molar-refractivity contribution is -0.00126. The highest BCUT2D eigenvalue weighted by Gasteiger charge is 2.39. The van der Waals surface area contributed by atoms with Gasteiger partial charge in [-0.1, -0.05) is 48.5 Å². The van der Waals surface area contributed by atoms with Crippen LogP contribution >= 0.6 is 12.1 Å². The first-order valence-corrected chi connectivity index (χ1v) is 13.3. The predicted molar refractivity (Wildman–Crippen MR) is 151 cm³/mol. The zero-order chi connectivity index (χ0) is 28.4. The van der Waals surface area contributed by atoms with E-state index in [2.05, 4.69) is 0 Å². The summed E-state index contributed by atoms with van der Waals surface area (Å²) < 4.78 is 14.1. The van der Waals surface area contributed by atoms with E-state index in [1.807, 2.05) is 52.8 Å². The van der Waals surface area contributed by atoms with Crippen molar-refractivity contribution >= 4 is 30.0 Å². The van der Waals surface area contributed by atoms with Crippen molar-refractivity contribution < 1.29 is 23.9 Å². The molecule has 3 amide bonds. The van der Waals surface area contributed by atoms with Crippen LogP contribution in [0.5, 0.6) is 11.5 Å². The van der Waals surface area contributed by atoms with Crippen LogP contribution in [-0.2, 0) is 6.42 Å². The Balaban J connectivity index is 1.65. The number of para-hydroxylation sites is 1. The van der Waals surface area contributed by atoms with Crippen molar-refractivity contribution in [3.63, 3.8) is 0 Å². The van der Waals surface area contributed by atoms with Crippen LogP contribution in [0.4, 0.5) is 4.79 Å². The van der Waals surface area contributed by atoms with E-state index in [1.165, 1.54) is 20.8 Å². The molecule has 3 aromatic carbocycles. The van der Waals surface area contributed by atoms with Gasteiger partial charge >= 0.3 is 6.09 Å². The van der Waals surface area contributed by atoms with Crippen LogP contribution in [0.25, 0.3) is 0 Å². The highest BCUT2D eigenvalue weighted by Crippen LogP contribution is 2.42. The molecule has 1 aliphatic rings. The molecule has 0 atom stereocenters. The number of amides is 3. The summed E-state index contributed by atoms with van der Waals surface area (Å²) in [5, 5.41) is 1.36. The van der Waals surface area contributed by atoms with Crippen molar-refractivity contribution in [3.05, 3.63) is 95.6 Å². The monoisotopic (exact) mass is 547 g/mol. The zero-order valence-electron chi connectivity index (χ0n) is 23.0. The van der Waals surface area contributed by atoms with Crippen LogP contribution in [0.3, 0.4) is 0 Å². The molecule has 4 rings (SSSR count). The van der Waals surface area contributed by atoms with Crippen LogP contribution in [0, 0.1) is 0 Å². The van der Waals surface area contributed by atoms with Gasteiger partial charge in [0.05, 0.1) is 5.54 Å². The Kier molecular flexibility index (Phi) is 7.92. The van der Waals surface area contributed by atoms with E-state index in [-0.39, 0.29) is 0 Å². The van der Waals surface area contributed by atoms with Crippen molar-refractivity contribution in [3.8, 4) is 11.5 Å². The summed E-state index contributed by atoms with van der Waals surface area (Å²) in [7, 11) is 1.49. The maximum atomic E-state index is 13.8. The van der Waals surface area contributed by atoms with Crippen LogP contribution in [0.15, 0.2) is 78.9 Å². The second-order valence-electron chi connectivity index (χ2n) is 10.8. The smallest absolute Gasteiger partial charge is 0.426 e. The third-order valence-electron chi connectivity index (χ3n) is 5.93. The summed E-state index contributed by atoms with van der Waals surface area (Å²) >= 11 is 0.773. The van der Waals surface area contributed by atoms with Gasteiger partial charge in [-0.15, -0.1) is 0 Å². The molecule has 9 heteroatoms. The molecule has 3 aromatic rings. The van der Waals surface area contributed by atoms with Gasteiger partial charge in [-0.25, -0.2) is 14.1 Å². The first kappa shape index (κ1) is 28.0. The SMILES string of the molecule is CN(SN(C(=O)c1ccccc1)N(C(=O)c1ccccc1)C(C)(C)C)C(=O)Oc1cccc2c1OC(C)(C)C2. The fourth-order valence-corrected chi connectivity index (χ4v) is 5.10. The Bertz CT molecular complexity index is 1360. The quantitative estimate of drug-likeness (QED) is 0.272. The molecule has 0 radical (unpaired) electrons. The molecule has 0 spiro atoms. The van der Waals surface area contributed by atoms with Gasteiger partial charge in [0.2, 0.25) is 0 Å². The van der Waals surface area contributed by atoms with E-state index in [1.54, 1.807) is 60.7 Å². The van der Waals surface area contributed by atoms with E-state index in [0.29, 0.717) is 29.0 Å². The van der Waals surface area contributed by atoms with Gasteiger partial charge in [-0.05, 0) is 65.0 Å². The highest BCUT2D eigenvalue weighted by molar-refractivity contribution is 7.95. The Morgan fingerprint density at radius 1 is 0.846 bits per heavy atom. The second kappa shape index (κ2) is 11.0. The number of carbonyl (C=O) groups excluding carboxylic acids is 3. The van der Waals surface area contributed by atoms with Crippen LogP contribution in [-0.4, -0.2) is 49.8 Å². The second-order valence-corrected chi connectivity index (χ2v) is 11.9. The minimum Gasteiger partial charge on any atom is -0.483 e. The molecular formula is C30H33N3O5S. The lowest BCUT2D eigenvalue weighted by atomic mass is 10.0. The Morgan fingerprint density at radius 2 is 1.41 bits per heavy atom. The highest BCUT2D eigenvalue weighted by atomic mass is 32.2. The molecule has 0 aliphatic carbocycles. The zero-order valence-corrected chi connectivity index (χ0v) is 23.8. The van der Waals surface area contributed by atoms with Crippen molar-refractivity contribution in [2.24, 2.45) is 0 Å². The number of ether oxygens (including phenoxy) is 2. The van der Waals surface area contributed by atoms with Gasteiger partial charge in [0, 0.05) is 30.2 Å². The summed E-state index contributed by atoms with van der Waals surface area (Å²) in [6.07, 6.45) is -0.0339. The fraction of sp³-hybridized carbons (Fsp3) is 0.300. The van der Waals surface area contributed by atoms with Crippen LogP contribution in [0.2, 0.25) is 0 Å². The summed E-state index contributed by atoms with van der Waals surface area (Å²) in [6.45, 7) is 9.41. The van der Waals surface area contributed by atoms with Gasteiger partial charge in [-0.3, -0.25) is 9.59 Å². The van der Waals surface area contributed by atoms with Crippen LogP contribution in [0.1, 0.15) is 60.9 Å². The molecule has 39 heavy (non-hydrogen) atoms. The number of nitrogens with zero attached hydrogens (tertiary/aromatic N) is 3. The van der Waals surface area contributed by atoms with Crippen molar-refractivity contribution in [2.75, 3.05) is 7.05 Å². The maximum absolute atomic E-state index is 13.8. The van der Waals surface area contributed by atoms with Crippen molar-refractivity contribution in [2.45, 2.75) is 52.2 Å². The van der Waals surface area contributed by atoms with E-state index in [4.69, 9.17) is 9.47 Å². The molecule has 0 N–H and O–H groups in total. The molecule has 204 valence electrons. The van der Waals surface area contributed by atoms with Crippen molar-refractivity contribution in [1.29, 1.82) is 0 Å². The topological polar surface area (TPSA) is 79.4 Å². The minimum absolute atomic E-state index is 0.296. The third-order valence-corrected chi connectivity index (χ3v) is 6.81. The molecule has 1 aliphatic heterocycles. The number of carbonyl (C=O) groups is 3. The summed E-state index contributed by atoms with van der Waals surface area (Å²) in [6, 6.07) is 22.7. The number of hydrogen-bond donors (Lipinski definition) is 0. The standard InChI is InChI=1S/C30H33N3O5S/c1-29(2,3)32(26(34)21-14-9-7-10-15-21)33(27(35)22-16-11-8-12-17-22)39-31(6)28(36)37-24-19-13-18-23-20-30(4,5)38-25(23)24/h7-19H,20H2,1-6H3. The molecular weight excluding hydrogens is 514 g/mol. The maximum Gasteiger partial charge on any atom is 0.426 e. The Labute approximate surface area is 233 Å². The number of benzene rings is 3. The normalized spacial score (nSPS) is 13.6. The number of rotatable bonds is 5. The lowest BCUT2D eigenvalue weighted by Gasteiger charge is -2.42. The molecule has 8 nitrogen and oxygen atoms in total. The largest absolute Gasteiger partial charge is 0.483 e. The van der Waals surface area contributed by atoms with Gasteiger partial charge in [0.15, 0.2) is 11.5 Å². The fourth-order valence-electron chi connectivity index (χ4n) is 4.19. The molecule has 0 fully saturated rings. The lowest BCUT2D eigenvalue weighted by Crippen LogP contribution is -2.56. The first-order valence-electron chi connectivity index (χ1n) is 12.6. The van der Waals surface area contributed by atoms with Gasteiger partial charge in [0.25, 0.3) is 11.8 Å². The summed E-state index contributed by atoms with van der Waals surface area (Å²) in [5.41, 5.74) is 0.487. The molecule has 0 aromatic heterocycles.